The molecule has 0 aliphatic carbocycles. The molecular weight excluding hydrogens is 419 g/mol. The topological polar surface area (TPSA) is 51.7 Å². The number of aromatic nitrogens is 1. The first-order valence-corrected chi connectivity index (χ1v) is 8.65. The summed E-state index contributed by atoms with van der Waals surface area (Å²) in [7, 11) is 0. The summed E-state index contributed by atoms with van der Waals surface area (Å²) >= 11 is 8.00. The Hall–Kier alpha value is -0.760. The van der Waals surface area contributed by atoms with Crippen LogP contribution in [0.15, 0.2) is 12.3 Å². The molecule has 1 fully saturated rings. The summed E-state index contributed by atoms with van der Waals surface area (Å²) in [5, 5.41) is 0.462. The van der Waals surface area contributed by atoms with Crippen LogP contribution in [0, 0.1) is 3.57 Å². The minimum absolute atomic E-state index is 0.0307. The molecule has 1 unspecified atom stereocenters. The molecule has 1 amide bonds. The van der Waals surface area contributed by atoms with E-state index in [0.717, 1.165) is 16.4 Å². The van der Waals surface area contributed by atoms with Crippen molar-refractivity contribution < 1.29 is 14.3 Å². The highest BCUT2D eigenvalue weighted by molar-refractivity contribution is 14.1. The lowest BCUT2D eigenvalue weighted by molar-refractivity contribution is 0.0187. The number of hydrogen-bond acceptors (Lipinski definition) is 4. The maximum absolute atomic E-state index is 12.2. The molecule has 0 bridgehead atoms. The average Bonchev–Trinajstić information content (AvgIpc) is 2.87. The molecule has 1 atom stereocenters. The third kappa shape index (κ3) is 4.87. The Labute approximate surface area is 149 Å². The van der Waals surface area contributed by atoms with Gasteiger partial charge in [-0.2, -0.15) is 0 Å². The van der Waals surface area contributed by atoms with Crippen molar-refractivity contribution in [3.8, 4) is 5.75 Å². The van der Waals surface area contributed by atoms with Gasteiger partial charge in [-0.15, -0.1) is 0 Å². The molecule has 1 aromatic heterocycles. The van der Waals surface area contributed by atoms with Crippen molar-refractivity contribution in [2.24, 2.45) is 0 Å². The fourth-order valence-electron chi connectivity index (χ4n) is 2.24. The van der Waals surface area contributed by atoms with Crippen molar-refractivity contribution in [1.29, 1.82) is 0 Å². The molecule has 1 saturated heterocycles. The van der Waals surface area contributed by atoms with Gasteiger partial charge in [-0.25, -0.2) is 9.78 Å². The van der Waals surface area contributed by atoms with Crippen molar-refractivity contribution >= 4 is 40.3 Å². The number of amides is 1. The third-order valence-corrected chi connectivity index (χ3v) is 4.66. The number of rotatable bonds is 3. The maximum Gasteiger partial charge on any atom is 0.410 e. The van der Waals surface area contributed by atoms with E-state index < -0.39 is 5.60 Å². The van der Waals surface area contributed by atoms with Gasteiger partial charge in [0, 0.05) is 6.54 Å². The molecule has 0 aromatic carbocycles. The number of likely N-dealkylation sites (tertiary alicyclic amines) is 1. The molecule has 0 radical (unpaired) electrons. The second-order valence-corrected chi connectivity index (χ2v) is 7.74. The lowest BCUT2D eigenvalue weighted by Gasteiger charge is -2.28. The van der Waals surface area contributed by atoms with Gasteiger partial charge in [0.15, 0.2) is 0 Å². The highest BCUT2D eigenvalue weighted by Crippen LogP contribution is 2.24. The molecule has 0 spiro atoms. The number of carbonyl (C=O) groups is 1. The quantitative estimate of drug-likeness (QED) is 0.526. The standard InChI is InChI=1S/C15H20ClIN2O3/c1-15(2,3)22-14(20)19-6-4-5-10(19)9-21-11-7-12(17)13(16)18-8-11/h7-8,10H,4-6,9H2,1-3H3. The number of carbonyl (C=O) groups excluding carboxylic acids is 1. The van der Waals surface area contributed by atoms with Crippen LogP contribution in [0.5, 0.6) is 5.75 Å². The van der Waals surface area contributed by atoms with E-state index in [9.17, 15) is 4.79 Å². The van der Waals surface area contributed by atoms with E-state index in [0.29, 0.717) is 24.1 Å². The molecule has 7 heteroatoms. The van der Waals surface area contributed by atoms with Gasteiger partial charge in [0.2, 0.25) is 0 Å². The first-order chi connectivity index (χ1) is 10.3. The molecule has 22 heavy (non-hydrogen) atoms. The van der Waals surface area contributed by atoms with E-state index in [1.165, 1.54) is 0 Å². The van der Waals surface area contributed by atoms with Gasteiger partial charge >= 0.3 is 6.09 Å². The minimum atomic E-state index is -0.485. The van der Waals surface area contributed by atoms with Crippen LogP contribution in [0.2, 0.25) is 5.15 Å². The number of halogens is 2. The molecule has 2 heterocycles. The van der Waals surface area contributed by atoms with Gasteiger partial charge in [-0.05, 0) is 62.3 Å². The number of hydrogen-bond donors (Lipinski definition) is 0. The van der Waals surface area contributed by atoms with E-state index in [4.69, 9.17) is 21.1 Å². The van der Waals surface area contributed by atoms with Gasteiger partial charge in [0.25, 0.3) is 0 Å². The number of nitrogens with zero attached hydrogens (tertiary/aromatic N) is 2. The summed E-state index contributed by atoms with van der Waals surface area (Å²) in [6.45, 7) is 6.74. The maximum atomic E-state index is 12.2. The molecule has 0 saturated carbocycles. The average molecular weight is 439 g/mol. The Kier molecular flexibility index (Phi) is 5.76. The Morgan fingerprint density at radius 1 is 1.55 bits per heavy atom. The minimum Gasteiger partial charge on any atom is -0.490 e. The van der Waals surface area contributed by atoms with Crippen LogP contribution in [-0.4, -0.2) is 40.8 Å². The molecule has 1 aliphatic heterocycles. The summed E-state index contributed by atoms with van der Waals surface area (Å²) in [4.78, 5) is 18.0. The fraction of sp³-hybridized carbons (Fsp3) is 0.600. The predicted molar refractivity (Wildman–Crippen MR) is 93.4 cm³/mol. The summed E-state index contributed by atoms with van der Waals surface area (Å²) in [5.74, 6) is 0.657. The Morgan fingerprint density at radius 3 is 2.91 bits per heavy atom. The molecule has 2 rings (SSSR count). The van der Waals surface area contributed by atoms with E-state index in [1.807, 2.05) is 26.8 Å². The largest absolute Gasteiger partial charge is 0.490 e. The monoisotopic (exact) mass is 438 g/mol. The van der Waals surface area contributed by atoms with E-state index in [2.05, 4.69) is 27.6 Å². The second kappa shape index (κ2) is 7.21. The van der Waals surface area contributed by atoms with Crippen LogP contribution in [0.3, 0.4) is 0 Å². The van der Waals surface area contributed by atoms with Crippen LogP contribution in [0.25, 0.3) is 0 Å². The summed E-state index contributed by atoms with van der Waals surface area (Å²) in [6, 6.07) is 1.87. The van der Waals surface area contributed by atoms with Gasteiger partial charge in [0.1, 0.15) is 23.1 Å². The molecule has 5 nitrogen and oxygen atoms in total. The Balaban J connectivity index is 1.93. The lowest BCUT2D eigenvalue weighted by atomic mass is 10.2. The van der Waals surface area contributed by atoms with Crippen LogP contribution in [0.4, 0.5) is 4.79 Å². The Morgan fingerprint density at radius 2 is 2.27 bits per heavy atom. The smallest absolute Gasteiger partial charge is 0.410 e. The van der Waals surface area contributed by atoms with E-state index >= 15 is 0 Å². The van der Waals surface area contributed by atoms with Gasteiger partial charge in [0.05, 0.1) is 15.8 Å². The summed E-state index contributed by atoms with van der Waals surface area (Å²) in [5.41, 5.74) is -0.485. The van der Waals surface area contributed by atoms with Crippen molar-refractivity contribution in [2.75, 3.05) is 13.2 Å². The van der Waals surface area contributed by atoms with Crippen molar-refractivity contribution in [3.05, 3.63) is 21.0 Å². The van der Waals surface area contributed by atoms with Crippen molar-refractivity contribution in [2.45, 2.75) is 45.3 Å². The number of pyridine rings is 1. The fourth-order valence-corrected chi connectivity index (χ4v) is 2.79. The van der Waals surface area contributed by atoms with Crippen LogP contribution < -0.4 is 4.74 Å². The first kappa shape index (κ1) is 17.6. The Bertz CT molecular complexity index is 548. The molecule has 1 aromatic rings. The second-order valence-electron chi connectivity index (χ2n) is 6.22. The highest BCUT2D eigenvalue weighted by Gasteiger charge is 2.32. The molecule has 122 valence electrons. The predicted octanol–water partition coefficient (Wildman–Crippen LogP) is 4.12. The molecular formula is C15H20ClIN2O3. The van der Waals surface area contributed by atoms with E-state index in [-0.39, 0.29) is 12.1 Å². The van der Waals surface area contributed by atoms with Gasteiger partial charge in [-0.1, -0.05) is 11.6 Å². The zero-order valence-corrected chi connectivity index (χ0v) is 15.8. The highest BCUT2D eigenvalue weighted by atomic mass is 127. The summed E-state index contributed by atoms with van der Waals surface area (Å²) in [6.07, 6.45) is 3.19. The number of ether oxygens (including phenoxy) is 2. The summed E-state index contributed by atoms with van der Waals surface area (Å²) < 4.78 is 12.0. The van der Waals surface area contributed by atoms with Crippen LogP contribution in [-0.2, 0) is 4.74 Å². The van der Waals surface area contributed by atoms with Crippen LogP contribution >= 0.6 is 34.2 Å². The van der Waals surface area contributed by atoms with Gasteiger partial charge < -0.3 is 14.4 Å². The molecule has 1 aliphatic rings. The van der Waals surface area contributed by atoms with Crippen molar-refractivity contribution in [1.82, 2.24) is 9.88 Å². The lowest BCUT2D eigenvalue weighted by Crippen LogP contribution is -2.42. The SMILES string of the molecule is CC(C)(C)OC(=O)N1CCCC1COc1cnc(Cl)c(I)c1. The van der Waals surface area contributed by atoms with Crippen molar-refractivity contribution in [3.63, 3.8) is 0 Å². The zero-order valence-electron chi connectivity index (χ0n) is 12.9. The van der Waals surface area contributed by atoms with Gasteiger partial charge in [-0.3, -0.25) is 0 Å². The zero-order chi connectivity index (χ0) is 16.3. The van der Waals surface area contributed by atoms with E-state index in [1.54, 1.807) is 11.1 Å². The van der Waals surface area contributed by atoms with Crippen LogP contribution in [0.1, 0.15) is 33.6 Å². The third-order valence-electron chi connectivity index (χ3n) is 3.22. The normalized spacial score (nSPS) is 18.4. The molecule has 0 N–H and O–H groups in total. The first-order valence-electron chi connectivity index (χ1n) is 7.20.